The highest BCUT2D eigenvalue weighted by Crippen LogP contribution is 2.20. The number of hydrogen-bond donors (Lipinski definition) is 1. The third-order valence-electron chi connectivity index (χ3n) is 2.44. The monoisotopic (exact) mass is 311 g/mol. The zero-order valence-electron chi connectivity index (χ0n) is 11.9. The first-order valence-corrected chi connectivity index (χ1v) is 12.7. The first-order chi connectivity index (χ1) is 8.73. The number of hydrogen-bond acceptors (Lipinski definition) is 3. The maximum absolute atomic E-state index is 11.3. The van der Waals surface area contributed by atoms with Gasteiger partial charge < -0.3 is 13.6 Å². The third-order valence-corrected chi connectivity index (χ3v) is 6.71. The van der Waals surface area contributed by atoms with E-state index in [1.807, 2.05) is 19.2 Å². The lowest BCUT2D eigenvalue weighted by molar-refractivity contribution is 0.0695. The maximum atomic E-state index is 11.3. The molecule has 0 saturated heterocycles. The number of carbonyl (C=O) groups is 1. The minimum atomic E-state index is -1.66. The van der Waals surface area contributed by atoms with Crippen LogP contribution in [0.1, 0.15) is 10.4 Å². The first kappa shape index (κ1) is 16.2. The van der Waals surface area contributed by atoms with Gasteiger partial charge in [-0.3, -0.25) is 0 Å². The van der Waals surface area contributed by atoms with E-state index in [0.717, 1.165) is 5.19 Å². The maximum Gasteiger partial charge on any atom is 0.509 e. The second kappa shape index (κ2) is 6.51. The summed E-state index contributed by atoms with van der Waals surface area (Å²) in [7, 11) is -2.64. The Balaban J connectivity index is 3.11. The van der Waals surface area contributed by atoms with E-state index in [-0.39, 0.29) is 15.6 Å². The fourth-order valence-corrected chi connectivity index (χ4v) is 4.25. The van der Waals surface area contributed by atoms with E-state index < -0.39 is 23.1 Å². The van der Waals surface area contributed by atoms with E-state index in [1.54, 1.807) is 12.1 Å². The van der Waals surface area contributed by atoms with Gasteiger partial charge in [0.2, 0.25) is 0 Å². The lowest BCUT2D eigenvalue weighted by atomic mass is 10.2. The summed E-state index contributed by atoms with van der Waals surface area (Å²) in [5.41, 5.74) is 0.219. The minimum absolute atomic E-state index is 0.141. The molecule has 0 atom stereocenters. The molecule has 3 radical (unpaired) electrons. The number of carboxylic acids is 1. The molecule has 0 aliphatic rings. The smallest absolute Gasteiger partial charge is 0.509 e. The lowest BCUT2D eigenvalue weighted by Crippen LogP contribution is -2.40. The highest BCUT2D eigenvalue weighted by molar-refractivity contribution is 6.89. The van der Waals surface area contributed by atoms with Gasteiger partial charge in [0.25, 0.3) is 0 Å². The Morgan fingerprint density at radius 2 is 1.95 bits per heavy atom. The standard InChI is InChI=1S/C12H19O4Si3/c1-18(2)16-17-15-11-9(12(13)14)7-6-8-10(11)19(3,4)5/h6-8H,1-5H3,(H,13,14). The van der Waals surface area contributed by atoms with Crippen LogP contribution in [0.2, 0.25) is 32.7 Å². The van der Waals surface area contributed by atoms with Gasteiger partial charge in [-0.05, 0) is 24.3 Å². The molecule has 0 aromatic heterocycles. The molecule has 0 aliphatic carbocycles. The van der Waals surface area contributed by atoms with E-state index in [1.165, 1.54) is 0 Å². The second-order valence-corrected chi connectivity index (χ2v) is 13.5. The predicted molar refractivity (Wildman–Crippen MR) is 81.3 cm³/mol. The SMILES string of the molecule is C[Si](C)O[Si]Oc1c(C(=O)O)cccc1[Si](C)(C)C. The van der Waals surface area contributed by atoms with Crippen LogP contribution >= 0.6 is 0 Å². The summed E-state index contributed by atoms with van der Waals surface area (Å²) in [6, 6.07) is 5.32. The van der Waals surface area contributed by atoms with Crippen molar-refractivity contribution in [3.63, 3.8) is 0 Å². The molecule has 0 bridgehead atoms. The number of para-hydroxylation sites is 1. The normalized spacial score (nSPS) is 11.7. The van der Waals surface area contributed by atoms with Crippen LogP contribution in [-0.2, 0) is 4.12 Å². The molecule has 0 spiro atoms. The van der Waals surface area contributed by atoms with Crippen molar-refractivity contribution in [2.75, 3.05) is 0 Å². The Morgan fingerprint density at radius 1 is 1.32 bits per heavy atom. The van der Waals surface area contributed by atoms with Gasteiger partial charge in [-0.25, -0.2) is 4.79 Å². The highest BCUT2D eigenvalue weighted by Gasteiger charge is 2.25. The van der Waals surface area contributed by atoms with E-state index in [9.17, 15) is 9.90 Å². The molecule has 0 aliphatic heterocycles. The van der Waals surface area contributed by atoms with Crippen molar-refractivity contribution in [1.82, 2.24) is 0 Å². The van der Waals surface area contributed by atoms with Crippen LogP contribution in [0.4, 0.5) is 0 Å². The van der Waals surface area contributed by atoms with E-state index in [0.29, 0.717) is 5.75 Å². The molecule has 103 valence electrons. The number of carboxylic acid groups (broad SMARTS) is 1. The Kier molecular flexibility index (Phi) is 5.53. The van der Waals surface area contributed by atoms with Crippen LogP contribution in [0, 0.1) is 0 Å². The molecule has 7 heteroatoms. The largest absolute Gasteiger partial charge is 0.517 e. The van der Waals surface area contributed by atoms with Gasteiger partial charge in [0.15, 0.2) is 9.04 Å². The van der Waals surface area contributed by atoms with Crippen molar-refractivity contribution in [2.24, 2.45) is 0 Å². The van der Waals surface area contributed by atoms with Crippen LogP contribution in [0.25, 0.3) is 0 Å². The van der Waals surface area contributed by atoms with Crippen molar-refractivity contribution >= 4 is 38.3 Å². The minimum Gasteiger partial charge on any atom is -0.517 e. The van der Waals surface area contributed by atoms with Crippen LogP contribution in [0.3, 0.4) is 0 Å². The molecule has 1 N–H and O–H groups in total. The zero-order valence-corrected chi connectivity index (χ0v) is 14.9. The number of aromatic carboxylic acids is 1. The van der Waals surface area contributed by atoms with E-state index in [2.05, 4.69) is 19.6 Å². The molecule has 1 aromatic rings. The Hall–Kier alpha value is -0.899. The van der Waals surface area contributed by atoms with Gasteiger partial charge in [0.05, 0.1) is 13.6 Å². The molecule has 0 heterocycles. The average Bonchev–Trinajstić information content (AvgIpc) is 2.26. The van der Waals surface area contributed by atoms with Crippen LogP contribution in [0.5, 0.6) is 5.75 Å². The van der Waals surface area contributed by atoms with Crippen molar-refractivity contribution in [1.29, 1.82) is 0 Å². The van der Waals surface area contributed by atoms with Gasteiger partial charge in [0, 0.05) is 0 Å². The molecule has 0 fully saturated rings. The zero-order chi connectivity index (χ0) is 14.6. The van der Waals surface area contributed by atoms with Gasteiger partial charge in [-0.2, -0.15) is 0 Å². The lowest BCUT2D eigenvalue weighted by Gasteiger charge is -2.22. The van der Waals surface area contributed by atoms with Crippen LogP contribution in [0.15, 0.2) is 18.2 Å². The van der Waals surface area contributed by atoms with Crippen molar-refractivity contribution in [3.8, 4) is 5.75 Å². The highest BCUT2D eigenvalue weighted by atomic mass is 28.4. The Labute approximate surface area is 119 Å². The van der Waals surface area contributed by atoms with Gasteiger partial charge >= 0.3 is 16.0 Å². The summed E-state index contributed by atoms with van der Waals surface area (Å²) in [5.74, 6) is -0.478. The summed E-state index contributed by atoms with van der Waals surface area (Å²) in [4.78, 5) is 11.3. The Bertz CT molecular complexity index is 455. The fraction of sp³-hybridized carbons (Fsp3) is 0.417. The van der Waals surface area contributed by atoms with Crippen LogP contribution in [-0.4, -0.2) is 38.2 Å². The second-order valence-electron chi connectivity index (χ2n) is 5.43. The van der Waals surface area contributed by atoms with Crippen molar-refractivity contribution in [2.45, 2.75) is 32.7 Å². The molecule has 1 rings (SSSR count). The fourth-order valence-electron chi connectivity index (χ4n) is 1.55. The Morgan fingerprint density at radius 3 is 2.42 bits per heavy atom. The first-order valence-electron chi connectivity index (χ1n) is 5.99. The molecular formula is C12H19O4Si3. The number of benzene rings is 1. The molecule has 19 heavy (non-hydrogen) atoms. The molecular weight excluding hydrogens is 292 g/mol. The molecule has 0 amide bonds. The topological polar surface area (TPSA) is 55.8 Å². The van der Waals surface area contributed by atoms with E-state index in [4.69, 9.17) is 8.54 Å². The molecule has 0 saturated carbocycles. The van der Waals surface area contributed by atoms with Crippen molar-refractivity contribution in [3.05, 3.63) is 23.8 Å². The summed E-state index contributed by atoms with van der Waals surface area (Å²) in [6.07, 6.45) is 0. The summed E-state index contributed by atoms with van der Waals surface area (Å²) in [5, 5.41) is 10.3. The van der Waals surface area contributed by atoms with Gasteiger partial charge in [0.1, 0.15) is 5.75 Å². The van der Waals surface area contributed by atoms with Crippen molar-refractivity contribution < 1.29 is 18.4 Å². The van der Waals surface area contributed by atoms with Gasteiger partial charge in [-0.1, -0.05) is 31.8 Å². The van der Waals surface area contributed by atoms with E-state index >= 15 is 0 Å². The summed E-state index contributed by atoms with van der Waals surface area (Å²) in [6.45, 7) is 10.5. The molecule has 4 nitrogen and oxygen atoms in total. The quantitative estimate of drug-likeness (QED) is 0.818. The molecule has 1 aromatic carbocycles. The summed E-state index contributed by atoms with van der Waals surface area (Å²) >= 11 is 0. The average molecular weight is 312 g/mol. The molecule has 0 unspecified atom stereocenters. The predicted octanol–water partition coefficient (Wildman–Crippen LogP) is 2.11. The van der Waals surface area contributed by atoms with Gasteiger partial charge in [-0.15, -0.1) is 0 Å². The third kappa shape index (κ3) is 4.60. The van der Waals surface area contributed by atoms with Crippen LogP contribution < -0.4 is 9.61 Å². The number of rotatable bonds is 6. The summed E-state index contributed by atoms with van der Waals surface area (Å²) < 4.78 is 11.1.